The summed E-state index contributed by atoms with van der Waals surface area (Å²) in [6.45, 7) is 8.67. The molecular formula is C25H28N2O2S2. The fourth-order valence-corrected chi connectivity index (χ4v) is 4.76. The number of methoxy groups -OCH3 is 1. The SMILES string of the molecule is COC(=O)c1cc(-c2ccccc2)sc1NC(=S)Nc1c(C(C)C)cccc1C(C)C. The van der Waals surface area contributed by atoms with Crippen LogP contribution in [0, 0.1) is 0 Å². The third-order valence-corrected chi connectivity index (χ3v) is 6.34. The number of carbonyl (C=O) groups excluding carboxylic acids is 1. The molecule has 0 spiro atoms. The normalized spacial score (nSPS) is 10.9. The van der Waals surface area contributed by atoms with Crippen LogP contribution in [0.5, 0.6) is 0 Å². The lowest BCUT2D eigenvalue weighted by molar-refractivity contribution is 0.0602. The van der Waals surface area contributed by atoms with Gasteiger partial charge < -0.3 is 15.4 Å². The lowest BCUT2D eigenvalue weighted by Crippen LogP contribution is -2.22. The molecule has 3 rings (SSSR count). The van der Waals surface area contributed by atoms with Crippen LogP contribution in [-0.2, 0) is 4.74 Å². The number of carbonyl (C=O) groups is 1. The molecule has 0 bridgehead atoms. The molecule has 0 fully saturated rings. The first-order chi connectivity index (χ1) is 14.8. The van der Waals surface area contributed by atoms with Gasteiger partial charge in [0.1, 0.15) is 5.00 Å². The van der Waals surface area contributed by atoms with Crippen LogP contribution in [-0.4, -0.2) is 18.2 Å². The molecule has 0 radical (unpaired) electrons. The molecule has 0 saturated carbocycles. The van der Waals surface area contributed by atoms with Crippen molar-refractivity contribution in [3.05, 3.63) is 71.3 Å². The van der Waals surface area contributed by atoms with Gasteiger partial charge in [0.15, 0.2) is 5.11 Å². The van der Waals surface area contributed by atoms with E-state index in [2.05, 4.69) is 56.5 Å². The van der Waals surface area contributed by atoms with Crippen LogP contribution >= 0.6 is 23.6 Å². The van der Waals surface area contributed by atoms with Crippen molar-refractivity contribution in [2.75, 3.05) is 17.7 Å². The Kier molecular flexibility index (Phi) is 7.46. The van der Waals surface area contributed by atoms with Crippen molar-refractivity contribution < 1.29 is 9.53 Å². The molecule has 162 valence electrons. The zero-order chi connectivity index (χ0) is 22.5. The van der Waals surface area contributed by atoms with E-state index in [0.717, 1.165) is 16.1 Å². The van der Waals surface area contributed by atoms with Gasteiger partial charge in [0.05, 0.1) is 12.7 Å². The van der Waals surface area contributed by atoms with Gasteiger partial charge in [-0.25, -0.2) is 4.79 Å². The number of anilines is 2. The minimum Gasteiger partial charge on any atom is -0.465 e. The smallest absolute Gasteiger partial charge is 0.340 e. The molecule has 2 N–H and O–H groups in total. The molecule has 1 heterocycles. The van der Waals surface area contributed by atoms with Crippen molar-refractivity contribution in [2.24, 2.45) is 0 Å². The lowest BCUT2D eigenvalue weighted by Gasteiger charge is -2.21. The van der Waals surface area contributed by atoms with Crippen LogP contribution < -0.4 is 10.6 Å². The van der Waals surface area contributed by atoms with Gasteiger partial charge in [-0.15, -0.1) is 11.3 Å². The summed E-state index contributed by atoms with van der Waals surface area (Å²) in [6.07, 6.45) is 0. The predicted octanol–water partition coefficient (Wildman–Crippen LogP) is 7.26. The molecule has 0 aliphatic rings. The molecule has 4 nitrogen and oxygen atoms in total. The monoisotopic (exact) mass is 452 g/mol. The highest BCUT2D eigenvalue weighted by Crippen LogP contribution is 2.37. The van der Waals surface area contributed by atoms with Gasteiger partial charge in [0.25, 0.3) is 0 Å². The van der Waals surface area contributed by atoms with E-state index in [-0.39, 0.29) is 0 Å². The highest BCUT2D eigenvalue weighted by Gasteiger charge is 2.20. The second-order valence-corrected chi connectivity index (χ2v) is 9.37. The summed E-state index contributed by atoms with van der Waals surface area (Å²) in [6, 6.07) is 18.1. The Morgan fingerprint density at radius 3 is 2.10 bits per heavy atom. The van der Waals surface area contributed by atoms with E-state index < -0.39 is 5.97 Å². The Morgan fingerprint density at radius 2 is 1.55 bits per heavy atom. The van der Waals surface area contributed by atoms with Crippen LogP contribution in [0.2, 0.25) is 0 Å². The molecule has 6 heteroatoms. The maximum absolute atomic E-state index is 12.4. The third-order valence-electron chi connectivity index (χ3n) is 5.03. The first-order valence-corrected chi connectivity index (χ1v) is 11.5. The summed E-state index contributed by atoms with van der Waals surface area (Å²) >= 11 is 7.13. The van der Waals surface area contributed by atoms with Gasteiger partial charge in [-0.05, 0) is 46.8 Å². The van der Waals surface area contributed by atoms with E-state index in [1.165, 1.54) is 29.6 Å². The second-order valence-electron chi connectivity index (χ2n) is 7.91. The highest BCUT2D eigenvalue weighted by molar-refractivity contribution is 7.80. The van der Waals surface area contributed by atoms with E-state index in [1.807, 2.05) is 36.4 Å². The van der Waals surface area contributed by atoms with Gasteiger partial charge in [-0.3, -0.25) is 0 Å². The van der Waals surface area contributed by atoms with Crippen LogP contribution in [0.25, 0.3) is 10.4 Å². The summed E-state index contributed by atoms with van der Waals surface area (Å²) in [5.41, 5.74) is 4.96. The molecule has 0 amide bonds. The summed E-state index contributed by atoms with van der Waals surface area (Å²) in [4.78, 5) is 13.4. The minimum atomic E-state index is -0.394. The molecular weight excluding hydrogens is 424 g/mol. The van der Waals surface area contributed by atoms with Gasteiger partial charge in [-0.1, -0.05) is 76.2 Å². The number of hydrogen-bond acceptors (Lipinski definition) is 4. The zero-order valence-electron chi connectivity index (χ0n) is 18.5. The molecule has 1 aromatic heterocycles. The number of hydrogen-bond donors (Lipinski definition) is 2. The topological polar surface area (TPSA) is 50.4 Å². The van der Waals surface area contributed by atoms with Crippen LogP contribution in [0.3, 0.4) is 0 Å². The van der Waals surface area contributed by atoms with Crippen molar-refractivity contribution in [3.8, 4) is 10.4 Å². The minimum absolute atomic E-state index is 0.348. The summed E-state index contributed by atoms with van der Waals surface area (Å²) in [7, 11) is 1.39. The average molecular weight is 453 g/mol. The van der Waals surface area contributed by atoms with Gasteiger partial charge >= 0.3 is 5.97 Å². The maximum Gasteiger partial charge on any atom is 0.340 e. The van der Waals surface area contributed by atoms with Crippen molar-refractivity contribution in [1.82, 2.24) is 0 Å². The largest absolute Gasteiger partial charge is 0.465 e. The van der Waals surface area contributed by atoms with Crippen molar-refractivity contribution >= 4 is 45.3 Å². The van der Waals surface area contributed by atoms with E-state index in [4.69, 9.17) is 17.0 Å². The fourth-order valence-electron chi connectivity index (χ4n) is 3.43. The standard InChI is InChI=1S/C25H28N2O2S2/c1-15(2)18-12-9-13-19(16(3)4)22(18)26-25(30)27-23-20(24(28)29-5)14-21(31-23)17-10-7-6-8-11-17/h6-16H,1-5H3,(H2,26,27,30). The van der Waals surface area contributed by atoms with Gasteiger partial charge in [0.2, 0.25) is 0 Å². The van der Waals surface area contributed by atoms with Crippen LogP contribution in [0.15, 0.2) is 54.6 Å². The molecule has 0 aliphatic carbocycles. The van der Waals surface area contributed by atoms with Crippen molar-refractivity contribution in [3.63, 3.8) is 0 Å². The Hall–Kier alpha value is -2.70. The van der Waals surface area contributed by atoms with Gasteiger partial charge in [0, 0.05) is 10.6 Å². The molecule has 3 aromatic rings. The molecule has 0 saturated heterocycles. The maximum atomic E-state index is 12.4. The Morgan fingerprint density at radius 1 is 0.935 bits per heavy atom. The van der Waals surface area contributed by atoms with E-state index in [9.17, 15) is 4.79 Å². The summed E-state index contributed by atoms with van der Waals surface area (Å²) < 4.78 is 4.99. The van der Waals surface area contributed by atoms with Crippen LogP contribution in [0.1, 0.15) is 61.0 Å². The molecule has 0 atom stereocenters. The van der Waals surface area contributed by atoms with Crippen LogP contribution in [0.4, 0.5) is 10.7 Å². The van der Waals surface area contributed by atoms with Gasteiger partial charge in [-0.2, -0.15) is 0 Å². The summed E-state index contributed by atoms with van der Waals surface area (Å²) in [5, 5.41) is 7.74. The fraction of sp³-hybridized carbons (Fsp3) is 0.280. The average Bonchev–Trinajstić information content (AvgIpc) is 3.17. The highest BCUT2D eigenvalue weighted by atomic mass is 32.1. The number of nitrogens with one attached hydrogen (secondary N) is 2. The number of thiophene rings is 1. The molecule has 0 aliphatic heterocycles. The Labute approximate surface area is 193 Å². The first kappa shape index (κ1) is 23.0. The number of benzene rings is 2. The number of esters is 1. The second kappa shape index (κ2) is 10.1. The number of thiocarbonyl (C=S) groups is 1. The summed E-state index contributed by atoms with van der Waals surface area (Å²) in [5.74, 6) is 0.302. The molecule has 0 unspecified atom stereocenters. The van der Waals surface area contributed by atoms with E-state index in [0.29, 0.717) is 27.5 Å². The Bertz CT molecular complexity index is 1050. The quantitative estimate of drug-likeness (QED) is 0.304. The van der Waals surface area contributed by atoms with E-state index >= 15 is 0 Å². The van der Waals surface area contributed by atoms with Crippen molar-refractivity contribution in [1.29, 1.82) is 0 Å². The van der Waals surface area contributed by atoms with Crippen molar-refractivity contribution in [2.45, 2.75) is 39.5 Å². The predicted molar refractivity (Wildman–Crippen MR) is 136 cm³/mol. The Balaban J connectivity index is 1.92. The third kappa shape index (κ3) is 5.32. The number of ether oxygens (including phenoxy) is 1. The molecule has 31 heavy (non-hydrogen) atoms. The number of rotatable bonds is 6. The molecule has 2 aromatic carbocycles. The zero-order valence-corrected chi connectivity index (χ0v) is 20.1. The van der Waals surface area contributed by atoms with E-state index in [1.54, 1.807) is 0 Å². The number of para-hydroxylation sites is 1. The lowest BCUT2D eigenvalue weighted by atomic mass is 9.93. The first-order valence-electron chi connectivity index (χ1n) is 10.3.